The molecular formula is C31H48N4. The molecule has 0 aromatic heterocycles. The molecule has 0 spiro atoms. The molecule has 0 amide bonds. The zero-order chi connectivity index (χ0) is 24.0. The van der Waals surface area contributed by atoms with Crippen molar-refractivity contribution in [3.63, 3.8) is 0 Å². The van der Waals surface area contributed by atoms with Crippen molar-refractivity contribution >= 4 is 11.4 Å². The van der Waals surface area contributed by atoms with Crippen LogP contribution in [0.5, 0.6) is 0 Å². The summed E-state index contributed by atoms with van der Waals surface area (Å²) in [6.07, 6.45) is 12.7. The van der Waals surface area contributed by atoms with E-state index in [-0.39, 0.29) is 0 Å². The molecule has 2 saturated heterocycles. The highest BCUT2D eigenvalue weighted by Gasteiger charge is 2.17. The third kappa shape index (κ3) is 9.16. The van der Waals surface area contributed by atoms with Gasteiger partial charge in [-0.3, -0.25) is 9.80 Å². The van der Waals surface area contributed by atoms with Crippen LogP contribution >= 0.6 is 0 Å². The number of hydrogen-bond acceptors (Lipinski definition) is 4. The lowest BCUT2D eigenvalue weighted by Gasteiger charge is -2.36. The van der Waals surface area contributed by atoms with E-state index in [0.29, 0.717) is 0 Å². The highest BCUT2D eigenvalue weighted by molar-refractivity contribution is 5.47. The van der Waals surface area contributed by atoms with Crippen LogP contribution in [0.1, 0.15) is 57.8 Å². The second-order valence-electron chi connectivity index (χ2n) is 10.5. The van der Waals surface area contributed by atoms with Gasteiger partial charge in [0.05, 0.1) is 0 Å². The summed E-state index contributed by atoms with van der Waals surface area (Å²) in [6, 6.07) is 21.8. The molecule has 2 aliphatic rings. The van der Waals surface area contributed by atoms with Gasteiger partial charge < -0.3 is 9.80 Å². The second kappa shape index (κ2) is 15.2. The predicted octanol–water partition coefficient (Wildman–Crippen LogP) is 6.14. The molecule has 192 valence electrons. The Hall–Kier alpha value is -2.04. The van der Waals surface area contributed by atoms with Crippen molar-refractivity contribution in [2.24, 2.45) is 0 Å². The second-order valence-corrected chi connectivity index (χ2v) is 10.5. The molecule has 2 aromatic carbocycles. The van der Waals surface area contributed by atoms with E-state index in [1.165, 1.54) is 135 Å². The van der Waals surface area contributed by atoms with Gasteiger partial charge in [-0.2, -0.15) is 0 Å². The monoisotopic (exact) mass is 476 g/mol. The normalized spacial score (nSPS) is 17.7. The van der Waals surface area contributed by atoms with E-state index < -0.39 is 0 Å². The topological polar surface area (TPSA) is 13.0 Å². The fraction of sp³-hybridized carbons (Fsp3) is 0.613. The van der Waals surface area contributed by atoms with Crippen LogP contribution in [0.25, 0.3) is 0 Å². The van der Waals surface area contributed by atoms with Crippen molar-refractivity contribution in [3.05, 3.63) is 60.7 Å². The van der Waals surface area contributed by atoms with Crippen LogP contribution < -0.4 is 9.80 Å². The summed E-state index contributed by atoms with van der Waals surface area (Å²) in [5, 5.41) is 0. The lowest BCUT2D eigenvalue weighted by Crippen LogP contribution is -2.46. The molecule has 2 aromatic rings. The molecule has 35 heavy (non-hydrogen) atoms. The minimum absolute atomic E-state index is 1.17. The van der Waals surface area contributed by atoms with Crippen LogP contribution in [0.2, 0.25) is 0 Å². The van der Waals surface area contributed by atoms with Gasteiger partial charge in [0.15, 0.2) is 0 Å². The lowest BCUT2D eigenvalue weighted by atomic mass is 10.1. The Morgan fingerprint density at radius 3 is 1.03 bits per heavy atom. The number of nitrogens with zero attached hydrogens (tertiary/aromatic N) is 4. The molecule has 4 heteroatoms. The number of benzene rings is 2. The number of piperazine rings is 2. The first-order chi connectivity index (χ1) is 17.4. The Bertz CT molecular complexity index is 713. The Morgan fingerprint density at radius 1 is 0.371 bits per heavy atom. The molecular weight excluding hydrogens is 428 g/mol. The first-order valence-corrected chi connectivity index (χ1v) is 14.4. The maximum atomic E-state index is 2.67. The molecule has 0 atom stereocenters. The van der Waals surface area contributed by atoms with Crippen LogP contribution in [0, 0.1) is 0 Å². The molecule has 2 fully saturated rings. The van der Waals surface area contributed by atoms with Gasteiger partial charge in [0.25, 0.3) is 0 Å². The Kier molecular flexibility index (Phi) is 11.3. The van der Waals surface area contributed by atoms with Crippen LogP contribution in [-0.2, 0) is 0 Å². The standard InChI is InChI=1S/C31H48N4/c1(2-4-6-14-20-32-22-26-34(27-23-32)30-16-10-8-11-17-30)3-5-7-15-21-33-24-28-35(29-25-33)31-18-12-9-13-19-31/h8-13,16-19H,1-7,14-15,20-29H2. The molecule has 2 heterocycles. The summed E-state index contributed by atoms with van der Waals surface area (Å²) in [4.78, 5) is 10.4. The predicted molar refractivity (Wildman–Crippen MR) is 152 cm³/mol. The average Bonchev–Trinajstić information content (AvgIpc) is 2.93. The van der Waals surface area contributed by atoms with Gasteiger partial charge >= 0.3 is 0 Å². The lowest BCUT2D eigenvalue weighted by molar-refractivity contribution is 0.251. The van der Waals surface area contributed by atoms with Crippen molar-refractivity contribution in [2.45, 2.75) is 57.8 Å². The molecule has 0 N–H and O–H groups in total. The van der Waals surface area contributed by atoms with Gasteiger partial charge in [-0.1, -0.05) is 81.3 Å². The largest absolute Gasteiger partial charge is 0.369 e. The molecule has 0 bridgehead atoms. The van der Waals surface area contributed by atoms with Crippen LogP contribution in [0.3, 0.4) is 0 Å². The first kappa shape index (κ1) is 26.0. The SMILES string of the molecule is c1ccc(N2CCN(CCCCCCCCCCCN3CCN(c4ccccc4)CC3)CC2)cc1. The summed E-state index contributed by atoms with van der Waals surface area (Å²) in [6.45, 7) is 12.2. The van der Waals surface area contributed by atoms with E-state index in [4.69, 9.17) is 0 Å². The van der Waals surface area contributed by atoms with Gasteiger partial charge in [-0.25, -0.2) is 0 Å². The van der Waals surface area contributed by atoms with Crippen LogP contribution in [-0.4, -0.2) is 75.2 Å². The molecule has 0 aliphatic carbocycles. The molecule has 2 aliphatic heterocycles. The minimum Gasteiger partial charge on any atom is -0.369 e. The average molecular weight is 477 g/mol. The first-order valence-electron chi connectivity index (χ1n) is 14.4. The third-order valence-corrected chi connectivity index (χ3v) is 7.94. The number of para-hydroxylation sites is 2. The Balaban J connectivity index is 0.914. The van der Waals surface area contributed by atoms with Crippen molar-refractivity contribution in [1.29, 1.82) is 0 Å². The van der Waals surface area contributed by atoms with E-state index in [0.717, 1.165) is 0 Å². The molecule has 4 nitrogen and oxygen atoms in total. The van der Waals surface area contributed by atoms with Crippen molar-refractivity contribution in [2.75, 3.05) is 75.2 Å². The maximum absolute atomic E-state index is 2.67. The van der Waals surface area contributed by atoms with Gasteiger partial charge in [-0.05, 0) is 50.2 Å². The fourth-order valence-electron chi connectivity index (χ4n) is 5.65. The smallest absolute Gasteiger partial charge is 0.0367 e. The summed E-state index contributed by atoms with van der Waals surface area (Å²) >= 11 is 0. The van der Waals surface area contributed by atoms with Gasteiger partial charge in [0, 0.05) is 63.7 Å². The van der Waals surface area contributed by atoms with Crippen molar-refractivity contribution in [3.8, 4) is 0 Å². The van der Waals surface area contributed by atoms with Gasteiger partial charge in [-0.15, -0.1) is 0 Å². The summed E-state index contributed by atoms with van der Waals surface area (Å²) in [7, 11) is 0. The van der Waals surface area contributed by atoms with Crippen LogP contribution in [0.15, 0.2) is 60.7 Å². The molecule has 0 saturated carbocycles. The van der Waals surface area contributed by atoms with E-state index >= 15 is 0 Å². The highest BCUT2D eigenvalue weighted by Crippen LogP contribution is 2.17. The summed E-state index contributed by atoms with van der Waals surface area (Å²) < 4.78 is 0. The highest BCUT2D eigenvalue weighted by atomic mass is 15.3. The fourth-order valence-corrected chi connectivity index (χ4v) is 5.65. The van der Waals surface area contributed by atoms with E-state index in [2.05, 4.69) is 80.3 Å². The zero-order valence-electron chi connectivity index (χ0n) is 22.0. The van der Waals surface area contributed by atoms with E-state index in [9.17, 15) is 0 Å². The number of anilines is 2. The molecule has 0 radical (unpaired) electrons. The van der Waals surface area contributed by atoms with Crippen molar-refractivity contribution in [1.82, 2.24) is 9.80 Å². The number of unbranched alkanes of at least 4 members (excludes halogenated alkanes) is 8. The van der Waals surface area contributed by atoms with Gasteiger partial charge in [0.2, 0.25) is 0 Å². The molecule has 4 rings (SSSR count). The third-order valence-electron chi connectivity index (χ3n) is 7.94. The Labute approximate surface area is 214 Å². The maximum Gasteiger partial charge on any atom is 0.0367 e. The van der Waals surface area contributed by atoms with Crippen LogP contribution in [0.4, 0.5) is 11.4 Å². The van der Waals surface area contributed by atoms with Crippen molar-refractivity contribution < 1.29 is 0 Å². The number of rotatable bonds is 14. The Morgan fingerprint density at radius 2 is 0.686 bits per heavy atom. The quantitative estimate of drug-likeness (QED) is 0.304. The molecule has 0 unspecified atom stereocenters. The summed E-state index contributed by atoms with van der Waals surface area (Å²) in [5.74, 6) is 0. The zero-order valence-corrected chi connectivity index (χ0v) is 22.0. The number of hydrogen-bond donors (Lipinski definition) is 0. The van der Waals surface area contributed by atoms with Gasteiger partial charge in [0.1, 0.15) is 0 Å². The van der Waals surface area contributed by atoms with E-state index in [1.54, 1.807) is 0 Å². The minimum atomic E-state index is 1.17. The van der Waals surface area contributed by atoms with E-state index in [1.807, 2.05) is 0 Å². The summed E-state index contributed by atoms with van der Waals surface area (Å²) in [5.41, 5.74) is 2.77.